The molecule has 0 bridgehead atoms. The molecule has 2 nitrogen and oxygen atoms in total. The fourth-order valence-electron chi connectivity index (χ4n) is 1.46. The number of hydrogen-bond acceptors (Lipinski definition) is 3. The molecule has 0 aliphatic carbocycles. The van der Waals surface area contributed by atoms with Gasteiger partial charge < -0.3 is 10.8 Å². The van der Waals surface area contributed by atoms with Crippen molar-refractivity contribution in [2.45, 2.75) is 6.04 Å². The number of hydrogen-bond donors (Lipinski definition) is 2. The molecular weight excluding hydrogens is 389 g/mol. The average Bonchev–Trinajstić information content (AvgIpc) is 2.77. The molecule has 0 unspecified atom stereocenters. The van der Waals surface area contributed by atoms with Gasteiger partial charge >= 0.3 is 0 Å². The number of aromatic hydroxyl groups is 1. The van der Waals surface area contributed by atoms with Crippen LogP contribution in [0.5, 0.6) is 5.75 Å². The smallest absolute Gasteiger partial charge is 0.136 e. The van der Waals surface area contributed by atoms with Gasteiger partial charge in [0.1, 0.15) is 5.75 Å². The number of phenols is 1. The highest BCUT2D eigenvalue weighted by Crippen LogP contribution is 2.39. The zero-order valence-electron chi connectivity index (χ0n) is 8.56. The molecule has 1 atom stereocenters. The molecule has 3 N–H and O–H groups in total. The lowest BCUT2D eigenvalue weighted by atomic mass is 10.1. The van der Waals surface area contributed by atoms with E-state index in [2.05, 4.69) is 31.9 Å². The van der Waals surface area contributed by atoms with Crippen LogP contribution in [0.1, 0.15) is 16.5 Å². The van der Waals surface area contributed by atoms with Crippen LogP contribution in [0, 0.1) is 0 Å². The lowest BCUT2D eigenvalue weighted by Gasteiger charge is -2.15. The van der Waals surface area contributed by atoms with E-state index in [0.29, 0.717) is 10.0 Å². The van der Waals surface area contributed by atoms with Gasteiger partial charge in [0.05, 0.1) is 10.5 Å². The molecule has 1 aromatic heterocycles. The topological polar surface area (TPSA) is 46.2 Å². The van der Waals surface area contributed by atoms with E-state index in [0.717, 1.165) is 9.35 Å². The summed E-state index contributed by atoms with van der Waals surface area (Å²) in [7, 11) is 0. The molecule has 0 saturated carbocycles. The van der Waals surface area contributed by atoms with Crippen LogP contribution in [0.15, 0.2) is 38.6 Å². The summed E-state index contributed by atoms with van der Waals surface area (Å²) in [6.45, 7) is 0. The second-order valence-corrected chi connectivity index (χ2v) is 5.97. The van der Waals surface area contributed by atoms with Crippen molar-refractivity contribution in [1.29, 1.82) is 0 Å². The van der Waals surface area contributed by atoms with E-state index in [9.17, 15) is 5.11 Å². The Morgan fingerprint density at radius 2 is 1.82 bits per heavy atom. The van der Waals surface area contributed by atoms with Gasteiger partial charge in [0.25, 0.3) is 0 Å². The van der Waals surface area contributed by atoms with Gasteiger partial charge in [-0.25, -0.2) is 0 Å². The Kier molecular flexibility index (Phi) is 5.47. The first-order chi connectivity index (χ1) is 7.61. The fraction of sp³-hybridized carbons (Fsp3) is 0.0909. The summed E-state index contributed by atoms with van der Waals surface area (Å²) >= 11 is 8.28. The number of thiophene rings is 1. The van der Waals surface area contributed by atoms with E-state index in [4.69, 9.17) is 5.73 Å². The summed E-state index contributed by atoms with van der Waals surface area (Å²) in [4.78, 5) is 1.02. The molecule has 2 aromatic rings. The molecule has 92 valence electrons. The van der Waals surface area contributed by atoms with Crippen LogP contribution in [0.3, 0.4) is 0 Å². The summed E-state index contributed by atoms with van der Waals surface area (Å²) < 4.78 is 1.46. The van der Waals surface area contributed by atoms with Gasteiger partial charge in [-0.15, -0.1) is 23.7 Å². The minimum absolute atomic E-state index is 0. The van der Waals surface area contributed by atoms with E-state index in [1.54, 1.807) is 17.4 Å². The number of benzene rings is 1. The van der Waals surface area contributed by atoms with E-state index in [1.807, 2.05) is 23.6 Å². The van der Waals surface area contributed by atoms with E-state index < -0.39 is 0 Å². The van der Waals surface area contributed by atoms with Crippen LogP contribution in [-0.4, -0.2) is 5.11 Å². The number of nitrogens with two attached hydrogens (primary N) is 1. The third-order valence-corrected chi connectivity index (χ3v) is 4.56. The van der Waals surface area contributed by atoms with E-state index in [-0.39, 0.29) is 24.2 Å². The van der Waals surface area contributed by atoms with Crippen molar-refractivity contribution in [2.24, 2.45) is 5.73 Å². The Hall–Kier alpha value is -0.0700. The van der Waals surface area contributed by atoms with Crippen LogP contribution in [0.4, 0.5) is 0 Å². The van der Waals surface area contributed by atoms with Crippen molar-refractivity contribution < 1.29 is 5.11 Å². The summed E-state index contributed by atoms with van der Waals surface area (Å²) in [6.07, 6.45) is 0. The second kappa shape index (κ2) is 6.20. The normalized spacial score (nSPS) is 11.9. The standard InChI is InChI=1S/C11H9Br2NOS.ClH/c12-6-3-4-7(13)11(15)9(6)10(14)8-2-1-5-16-8;/h1-5,10,15H,14H2;1H/t10-;/m0./s1. The average molecular weight is 400 g/mol. The summed E-state index contributed by atoms with van der Waals surface area (Å²) in [6, 6.07) is 7.24. The van der Waals surface area contributed by atoms with Gasteiger partial charge in [0, 0.05) is 14.9 Å². The van der Waals surface area contributed by atoms with Crippen LogP contribution >= 0.6 is 55.6 Å². The fourth-order valence-corrected chi connectivity index (χ4v) is 3.11. The third kappa shape index (κ3) is 3.03. The Labute approximate surface area is 127 Å². The molecule has 0 radical (unpaired) electrons. The van der Waals surface area contributed by atoms with Gasteiger partial charge in [-0.2, -0.15) is 0 Å². The van der Waals surface area contributed by atoms with Crippen molar-refractivity contribution in [2.75, 3.05) is 0 Å². The number of halogens is 3. The monoisotopic (exact) mass is 397 g/mol. The van der Waals surface area contributed by atoms with Crippen molar-refractivity contribution >= 4 is 55.6 Å². The van der Waals surface area contributed by atoms with Crippen LogP contribution in [-0.2, 0) is 0 Å². The molecule has 1 aromatic carbocycles. The first-order valence-corrected chi connectivity index (χ1v) is 7.03. The highest BCUT2D eigenvalue weighted by molar-refractivity contribution is 9.11. The molecular formula is C11H10Br2ClNOS. The minimum atomic E-state index is -0.313. The quantitative estimate of drug-likeness (QED) is 0.784. The zero-order valence-corrected chi connectivity index (χ0v) is 13.4. The van der Waals surface area contributed by atoms with Crippen molar-refractivity contribution in [3.8, 4) is 5.75 Å². The lowest BCUT2D eigenvalue weighted by molar-refractivity contribution is 0.461. The molecule has 0 amide bonds. The third-order valence-electron chi connectivity index (χ3n) is 2.28. The second-order valence-electron chi connectivity index (χ2n) is 3.28. The van der Waals surface area contributed by atoms with Crippen molar-refractivity contribution in [3.63, 3.8) is 0 Å². The predicted octanol–water partition coefficient (Wildman–Crippen LogP) is 4.45. The Balaban J connectivity index is 0.00000144. The minimum Gasteiger partial charge on any atom is -0.506 e. The van der Waals surface area contributed by atoms with Gasteiger partial charge in [0.2, 0.25) is 0 Å². The number of rotatable bonds is 2. The van der Waals surface area contributed by atoms with Crippen LogP contribution in [0.2, 0.25) is 0 Å². The first-order valence-electron chi connectivity index (χ1n) is 4.57. The maximum Gasteiger partial charge on any atom is 0.136 e. The molecule has 0 aliphatic heterocycles. The van der Waals surface area contributed by atoms with Crippen LogP contribution < -0.4 is 5.73 Å². The van der Waals surface area contributed by atoms with Crippen LogP contribution in [0.25, 0.3) is 0 Å². The first kappa shape index (κ1) is 15.0. The highest BCUT2D eigenvalue weighted by atomic mass is 79.9. The molecule has 2 rings (SSSR count). The summed E-state index contributed by atoms with van der Waals surface area (Å²) in [5, 5.41) is 12.0. The molecule has 17 heavy (non-hydrogen) atoms. The SMILES string of the molecule is Cl.N[C@@H](c1cccs1)c1c(Br)ccc(Br)c1O. The van der Waals surface area contributed by atoms with Crippen molar-refractivity contribution in [3.05, 3.63) is 49.0 Å². The highest BCUT2D eigenvalue weighted by Gasteiger charge is 2.19. The predicted molar refractivity (Wildman–Crippen MR) is 81.1 cm³/mol. The lowest BCUT2D eigenvalue weighted by Crippen LogP contribution is -2.11. The summed E-state index contributed by atoms with van der Waals surface area (Å²) in [5.41, 5.74) is 6.84. The van der Waals surface area contributed by atoms with Gasteiger partial charge in [-0.05, 0) is 39.5 Å². The number of phenolic OH excluding ortho intramolecular Hbond substituents is 1. The Morgan fingerprint density at radius 3 is 2.41 bits per heavy atom. The molecule has 0 spiro atoms. The van der Waals surface area contributed by atoms with Gasteiger partial charge in [-0.3, -0.25) is 0 Å². The van der Waals surface area contributed by atoms with Gasteiger partial charge in [0.15, 0.2) is 0 Å². The Bertz CT molecular complexity index is 504. The maximum absolute atomic E-state index is 10.00. The molecule has 6 heteroatoms. The Morgan fingerprint density at radius 1 is 1.18 bits per heavy atom. The molecule has 0 aliphatic rings. The maximum atomic E-state index is 10.00. The molecule has 0 fully saturated rings. The van der Waals surface area contributed by atoms with Crippen molar-refractivity contribution in [1.82, 2.24) is 0 Å². The largest absolute Gasteiger partial charge is 0.506 e. The molecule has 1 heterocycles. The van der Waals surface area contributed by atoms with Gasteiger partial charge in [-0.1, -0.05) is 22.0 Å². The van der Waals surface area contributed by atoms with E-state index in [1.165, 1.54) is 0 Å². The zero-order chi connectivity index (χ0) is 11.7. The summed E-state index contributed by atoms with van der Waals surface area (Å²) in [5.74, 6) is 0.190. The molecule has 0 saturated heterocycles. The van der Waals surface area contributed by atoms with E-state index >= 15 is 0 Å².